The van der Waals surface area contributed by atoms with E-state index in [2.05, 4.69) is 0 Å². The quantitative estimate of drug-likeness (QED) is 0.491. The number of halogens is 1. The number of rotatable bonds is 8. The predicted molar refractivity (Wildman–Crippen MR) is 108 cm³/mol. The first-order valence-corrected chi connectivity index (χ1v) is 9.66. The van der Waals surface area contributed by atoms with E-state index >= 15 is 0 Å². The summed E-state index contributed by atoms with van der Waals surface area (Å²) in [6, 6.07) is 3.50. The molecule has 1 aromatic rings. The number of aliphatic carboxylic acids is 1. The van der Waals surface area contributed by atoms with Crippen LogP contribution in [0.15, 0.2) is 18.2 Å². The lowest BCUT2D eigenvalue weighted by Gasteiger charge is -2.48. The fraction of sp³-hybridized carbons (Fsp3) is 0.600. The Morgan fingerprint density at radius 3 is 2.62 bits per heavy atom. The Labute approximate surface area is 170 Å². The molecule has 1 aliphatic rings. The molecule has 162 valence electrons. The number of aliphatic hydroxyl groups excluding tert-OH is 1. The maximum absolute atomic E-state index is 13.8. The van der Waals surface area contributed by atoms with E-state index < -0.39 is 35.4 Å². The van der Waals surface area contributed by atoms with Crippen LogP contribution in [-0.4, -0.2) is 64.3 Å². The third-order valence-electron chi connectivity index (χ3n) is 5.53. The van der Waals surface area contributed by atoms with Crippen LogP contribution < -0.4 is 16.4 Å². The number of piperazine rings is 1. The molecular weight excluding hydrogens is 379 g/mol. The van der Waals surface area contributed by atoms with E-state index in [1.54, 1.807) is 6.07 Å². The van der Waals surface area contributed by atoms with Gasteiger partial charge in [0.25, 0.3) is 0 Å². The lowest BCUT2D eigenvalue weighted by atomic mass is 9.94. The highest BCUT2D eigenvalue weighted by Gasteiger charge is 2.40. The van der Waals surface area contributed by atoms with E-state index in [9.17, 15) is 19.1 Å². The van der Waals surface area contributed by atoms with Crippen LogP contribution in [0.2, 0.25) is 0 Å². The Hall–Kier alpha value is -2.07. The largest absolute Gasteiger partial charge is 0.481 e. The van der Waals surface area contributed by atoms with Crippen LogP contribution in [-0.2, 0) is 16.1 Å². The van der Waals surface area contributed by atoms with Gasteiger partial charge in [-0.3, -0.25) is 14.5 Å². The van der Waals surface area contributed by atoms with Gasteiger partial charge >= 0.3 is 5.97 Å². The van der Waals surface area contributed by atoms with Crippen molar-refractivity contribution in [2.45, 2.75) is 51.4 Å². The molecule has 0 bridgehead atoms. The summed E-state index contributed by atoms with van der Waals surface area (Å²) in [5.41, 5.74) is 12.5. The molecule has 1 amide bonds. The van der Waals surface area contributed by atoms with Crippen molar-refractivity contribution in [1.29, 1.82) is 0 Å². The highest BCUT2D eigenvalue weighted by atomic mass is 19.1. The highest BCUT2D eigenvalue weighted by Crippen LogP contribution is 2.29. The molecule has 3 atom stereocenters. The minimum Gasteiger partial charge on any atom is -0.481 e. The summed E-state index contributed by atoms with van der Waals surface area (Å²) in [5.74, 6) is -2.37. The van der Waals surface area contributed by atoms with Gasteiger partial charge in [0.05, 0.1) is 24.3 Å². The number of carbonyl (C=O) groups is 2. The Kier molecular flexibility index (Phi) is 7.34. The second kappa shape index (κ2) is 9.17. The fourth-order valence-corrected chi connectivity index (χ4v) is 3.54. The Bertz CT molecular complexity index is 758. The van der Waals surface area contributed by atoms with Gasteiger partial charge in [0.15, 0.2) is 0 Å². The van der Waals surface area contributed by atoms with Gasteiger partial charge in [-0.25, -0.2) is 4.39 Å². The van der Waals surface area contributed by atoms with Crippen LogP contribution in [0.5, 0.6) is 0 Å². The first kappa shape index (κ1) is 23.2. The molecule has 0 aliphatic carbocycles. The Morgan fingerprint density at radius 2 is 2.03 bits per heavy atom. The molecule has 0 saturated carbocycles. The molecule has 6 N–H and O–H groups in total. The molecule has 9 heteroatoms. The van der Waals surface area contributed by atoms with Crippen molar-refractivity contribution in [1.82, 2.24) is 4.90 Å². The number of anilines is 1. The van der Waals surface area contributed by atoms with Crippen LogP contribution in [0, 0.1) is 11.7 Å². The van der Waals surface area contributed by atoms with Crippen LogP contribution in [0.1, 0.15) is 32.8 Å². The number of aliphatic hydroxyl groups is 1. The van der Waals surface area contributed by atoms with Crippen molar-refractivity contribution in [3.63, 3.8) is 0 Å². The van der Waals surface area contributed by atoms with Gasteiger partial charge in [-0.15, -0.1) is 0 Å². The number of amides is 1. The highest BCUT2D eigenvalue weighted by molar-refractivity contribution is 5.96. The van der Waals surface area contributed by atoms with Crippen molar-refractivity contribution in [2.24, 2.45) is 17.4 Å². The zero-order valence-corrected chi connectivity index (χ0v) is 17.1. The molecule has 1 fully saturated rings. The second-order valence-corrected chi connectivity index (χ2v) is 8.36. The number of hydrogen-bond donors (Lipinski definition) is 4. The van der Waals surface area contributed by atoms with Gasteiger partial charge in [0.2, 0.25) is 5.91 Å². The van der Waals surface area contributed by atoms with Crippen molar-refractivity contribution >= 4 is 17.6 Å². The molecule has 0 spiro atoms. The number of nitrogens with zero attached hydrogens (tertiary/aromatic N) is 2. The number of nitrogens with two attached hydrogens (primary N) is 2. The van der Waals surface area contributed by atoms with E-state index in [4.69, 9.17) is 16.6 Å². The summed E-state index contributed by atoms with van der Waals surface area (Å²) < 4.78 is 13.8. The van der Waals surface area contributed by atoms with E-state index in [0.29, 0.717) is 17.8 Å². The van der Waals surface area contributed by atoms with Gasteiger partial charge in [-0.05, 0) is 38.0 Å². The summed E-state index contributed by atoms with van der Waals surface area (Å²) in [6.07, 6.45) is -0.967. The van der Waals surface area contributed by atoms with Crippen molar-refractivity contribution in [3.05, 3.63) is 29.6 Å². The smallest absolute Gasteiger partial charge is 0.306 e. The average Bonchev–Trinajstić information content (AvgIpc) is 2.64. The molecule has 29 heavy (non-hydrogen) atoms. The molecule has 1 saturated heterocycles. The van der Waals surface area contributed by atoms with Crippen LogP contribution in [0.25, 0.3) is 0 Å². The standard InChI is InChI=1S/C20H31FN4O4/c1-12(19(28)29)6-17(26)15(23)9-24-10-18(27)25(11-20(24,2)3)16-7-14(21)5-4-13(16)8-22/h4-5,7,12,15,17,26H,6,8-11,22-23H2,1-3H3,(H,28,29). The third kappa shape index (κ3) is 5.51. The molecule has 2 rings (SSSR count). The summed E-state index contributed by atoms with van der Waals surface area (Å²) in [6.45, 7) is 6.15. The first-order valence-electron chi connectivity index (χ1n) is 9.66. The maximum Gasteiger partial charge on any atom is 0.306 e. The van der Waals surface area contributed by atoms with Crippen LogP contribution in [0.3, 0.4) is 0 Å². The first-order chi connectivity index (χ1) is 13.5. The molecule has 1 heterocycles. The monoisotopic (exact) mass is 410 g/mol. The average molecular weight is 410 g/mol. The molecule has 1 aliphatic heterocycles. The summed E-state index contributed by atoms with van der Waals surface area (Å²) in [5, 5.41) is 19.3. The van der Waals surface area contributed by atoms with Gasteiger partial charge < -0.3 is 26.6 Å². The maximum atomic E-state index is 13.8. The minimum atomic E-state index is -1.00. The molecule has 0 radical (unpaired) electrons. The molecule has 0 aromatic heterocycles. The predicted octanol–water partition coefficient (Wildman–Crippen LogP) is 0.511. The van der Waals surface area contributed by atoms with E-state index in [0.717, 1.165) is 0 Å². The molecule has 3 unspecified atom stereocenters. The summed E-state index contributed by atoms with van der Waals surface area (Å²) in [4.78, 5) is 27.2. The second-order valence-electron chi connectivity index (χ2n) is 8.36. The zero-order valence-electron chi connectivity index (χ0n) is 17.1. The number of carboxylic acids is 1. The van der Waals surface area contributed by atoms with Crippen molar-refractivity contribution in [3.8, 4) is 0 Å². The lowest BCUT2D eigenvalue weighted by Crippen LogP contribution is -2.64. The number of carbonyl (C=O) groups excluding carboxylic acids is 1. The van der Waals surface area contributed by atoms with Gasteiger partial charge in [0, 0.05) is 31.2 Å². The number of carboxylic acid groups (broad SMARTS) is 1. The molecular formula is C20H31FN4O4. The summed E-state index contributed by atoms with van der Waals surface area (Å²) in [7, 11) is 0. The topological polar surface area (TPSA) is 133 Å². The van der Waals surface area contributed by atoms with Crippen LogP contribution in [0.4, 0.5) is 10.1 Å². The number of benzene rings is 1. The summed E-state index contributed by atoms with van der Waals surface area (Å²) >= 11 is 0. The van der Waals surface area contributed by atoms with E-state index in [1.165, 1.54) is 24.0 Å². The number of hydrogen-bond acceptors (Lipinski definition) is 6. The minimum absolute atomic E-state index is 0.0357. The fourth-order valence-electron chi connectivity index (χ4n) is 3.54. The normalized spacial score (nSPS) is 20.4. The third-order valence-corrected chi connectivity index (χ3v) is 5.53. The molecule has 1 aromatic carbocycles. The van der Waals surface area contributed by atoms with Crippen LogP contribution >= 0.6 is 0 Å². The lowest BCUT2D eigenvalue weighted by molar-refractivity contribution is -0.142. The molecule has 8 nitrogen and oxygen atoms in total. The van der Waals surface area contributed by atoms with Gasteiger partial charge in [-0.1, -0.05) is 13.0 Å². The van der Waals surface area contributed by atoms with Gasteiger partial charge in [0.1, 0.15) is 5.82 Å². The SMILES string of the molecule is CC(CC(O)C(N)CN1CC(=O)N(c2cc(F)ccc2CN)CC1(C)C)C(=O)O. The zero-order chi connectivity index (χ0) is 21.9. The Morgan fingerprint density at radius 1 is 1.38 bits per heavy atom. The Balaban J connectivity index is 2.13. The van der Waals surface area contributed by atoms with Crippen molar-refractivity contribution < 1.29 is 24.2 Å². The van der Waals surface area contributed by atoms with Crippen molar-refractivity contribution in [2.75, 3.05) is 24.5 Å². The van der Waals surface area contributed by atoms with Gasteiger partial charge in [-0.2, -0.15) is 0 Å². The van der Waals surface area contributed by atoms with E-state index in [1.807, 2.05) is 18.7 Å². The van der Waals surface area contributed by atoms with E-state index in [-0.39, 0.29) is 32.0 Å².